The van der Waals surface area contributed by atoms with Gasteiger partial charge in [0.1, 0.15) is 6.61 Å². The number of hydrogen-bond donors (Lipinski definition) is 2. The molecule has 0 atom stereocenters. The van der Waals surface area contributed by atoms with E-state index in [4.69, 9.17) is 32.7 Å². The van der Waals surface area contributed by atoms with Crippen LogP contribution in [-0.4, -0.2) is 25.1 Å². The Labute approximate surface area is 201 Å². The second kappa shape index (κ2) is 11.9. The molecule has 0 fully saturated rings. The summed E-state index contributed by atoms with van der Waals surface area (Å²) >= 11 is 12.1. The molecular weight excluding hydrogens is 465 g/mol. The van der Waals surface area contributed by atoms with Crippen LogP contribution in [0, 0.1) is 0 Å². The van der Waals surface area contributed by atoms with Crippen molar-refractivity contribution in [3.63, 3.8) is 0 Å². The van der Waals surface area contributed by atoms with E-state index in [-0.39, 0.29) is 13.2 Å². The number of methoxy groups -OCH3 is 1. The molecule has 0 aliphatic heterocycles. The number of hydrogen-bond acceptors (Lipinski definition) is 5. The van der Waals surface area contributed by atoms with Crippen LogP contribution < -0.4 is 20.2 Å². The van der Waals surface area contributed by atoms with Crippen LogP contribution in [0.15, 0.2) is 71.8 Å². The van der Waals surface area contributed by atoms with E-state index in [2.05, 4.69) is 15.8 Å². The first-order chi connectivity index (χ1) is 16.0. The van der Waals surface area contributed by atoms with Crippen molar-refractivity contribution < 1.29 is 19.1 Å². The summed E-state index contributed by atoms with van der Waals surface area (Å²) in [6, 6.07) is 19.6. The van der Waals surface area contributed by atoms with Gasteiger partial charge in [-0.3, -0.25) is 9.59 Å². The molecule has 0 aromatic heterocycles. The predicted molar refractivity (Wildman–Crippen MR) is 128 cm³/mol. The Balaban J connectivity index is 1.54. The number of halogens is 2. The average molecular weight is 486 g/mol. The third kappa shape index (κ3) is 7.24. The van der Waals surface area contributed by atoms with Crippen LogP contribution >= 0.6 is 23.2 Å². The first-order valence-electron chi connectivity index (χ1n) is 9.86. The summed E-state index contributed by atoms with van der Waals surface area (Å²) in [5.74, 6) is -0.673. The number of carbonyl (C=O) groups excluding carboxylic acids is 2. The minimum atomic E-state index is -0.867. The Morgan fingerprint density at radius 2 is 1.76 bits per heavy atom. The number of amides is 2. The monoisotopic (exact) mass is 485 g/mol. The van der Waals surface area contributed by atoms with Crippen molar-refractivity contribution in [2.24, 2.45) is 5.10 Å². The Bertz CT molecular complexity index is 1150. The molecule has 0 radical (unpaired) electrons. The van der Waals surface area contributed by atoms with Crippen molar-refractivity contribution in [3.8, 4) is 11.5 Å². The van der Waals surface area contributed by atoms with E-state index in [1.807, 2.05) is 30.3 Å². The van der Waals surface area contributed by atoms with E-state index in [0.717, 1.165) is 11.1 Å². The van der Waals surface area contributed by atoms with Crippen molar-refractivity contribution in [1.82, 2.24) is 10.7 Å². The topological polar surface area (TPSA) is 89.0 Å². The van der Waals surface area contributed by atoms with Crippen molar-refractivity contribution in [1.29, 1.82) is 0 Å². The molecular formula is C24H21Cl2N3O4. The quantitative estimate of drug-likeness (QED) is 0.282. The van der Waals surface area contributed by atoms with Crippen LogP contribution in [0.2, 0.25) is 10.0 Å². The van der Waals surface area contributed by atoms with E-state index < -0.39 is 11.8 Å². The molecule has 2 amide bonds. The van der Waals surface area contributed by atoms with E-state index in [0.29, 0.717) is 27.1 Å². The molecule has 33 heavy (non-hydrogen) atoms. The molecule has 7 nitrogen and oxygen atoms in total. The zero-order chi connectivity index (χ0) is 23.6. The van der Waals surface area contributed by atoms with E-state index in [1.165, 1.54) is 13.3 Å². The van der Waals surface area contributed by atoms with Gasteiger partial charge in [0.15, 0.2) is 11.5 Å². The zero-order valence-corrected chi connectivity index (χ0v) is 19.2. The van der Waals surface area contributed by atoms with Crippen molar-refractivity contribution in [2.75, 3.05) is 7.11 Å². The number of nitrogens with zero attached hydrogens (tertiary/aromatic N) is 1. The summed E-state index contributed by atoms with van der Waals surface area (Å²) in [6.45, 7) is 0.477. The van der Waals surface area contributed by atoms with Gasteiger partial charge in [0.25, 0.3) is 0 Å². The molecule has 3 rings (SSSR count). The number of ether oxygens (including phenoxy) is 2. The number of benzene rings is 3. The Hall–Kier alpha value is -3.55. The van der Waals surface area contributed by atoms with Gasteiger partial charge in [-0.1, -0.05) is 59.6 Å². The first-order valence-corrected chi connectivity index (χ1v) is 10.6. The lowest BCUT2D eigenvalue weighted by atomic mass is 10.2. The summed E-state index contributed by atoms with van der Waals surface area (Å²) in [4.78, 5) is 23.8. The molecule has 9 heteroatoms. The van der Waals surface area contributed by atoms with Crippen LogP contribution in [0.1, 0.15) is 16.7 Å². The average Bonchev–Trinajstić information content (AvgIpc) is 2.83. The van der Waals surface area contributed by atoms with Crippen LogP contribution in [0.4, 0.5) is 0 Å². The van der Waals surface area contributed by atoms with Crippen LogP contribution in [0.3, 0.4) is 0 Å². The highest BCUT2D eigenvalue weighted by atomic mass is 35.5. The number of carbonyl (C=O) groups is 2. The standard InChI is InChI=1S/C24H21Cl2N3O4/c1-32-22-11-17(7-10-21(22)33-15-18-8-9-19(25)12-20(18)26)14-28-29-24(31)23(30)27-13-16-5-3-2-4-6-16/h2-12,14H,13,15H2,1H3,(H,27,30)(H,29,31)/b28-14-. The maximum Gasteiger partial charge on any atom is 0.329 e. The minimum absolute atomic E-state index is 0.230. The van der Waals surface area contributed by atoms with Gasteiger partial charge in [-0.15, -0.1) is 0 Å². The fourth-order valence-electron chi connectivity index (χ4n) is 2.75. The normalized spacial score (nSPS) is 10.6. The highest BCUT2D eigenvalue weighted by molar-refractivity contribution is 6.35. The smallest absolute Gasteiger partial charge is 0.329 e. The summed E-state index contributed by atoms with van der Waals surface area (Å²) in [5, 5.41) is 7.41. The van der Waals surface area contributed by atoms with Gasteiger partial charge in [0, 0.05) is 22.2 Å². The predicted octanol–water partition coefficient (Wildman–Crippen LogP) is 4.35. The number of hydrazone groups is 1. The Kier molecular flexibility index (Phi) is 8.69. The molecule has 0 spiro atoms. The summed E-state index contributed by atoms with van der Waals surface area (Å²) in [5.41, 5.74) is 4.49. The molecule has 0 unspecified atom stereocenters. The van der Waals surface area contributed by atoms with Gasteiger partial charge < -0.3 is 14.8 Å². The Morgan fingerprint density at radius 1 is 0.970 bits per heavy atom. The van der Waals surface area contributed by atoms with Gasteiger partial charge in [-0.25, -0.2) is 5.43 Å². The van der Waals surface area contributed by atoms with Crippen molar-refractivity contribution in [2.45, 2.75) is 13.2 Å². The molecule has 3 aromatic carbocycles. The second-order valence-electron chi connectivity index (χ2n) is 6.80. The lowest BCUT2D eigenvalue weighted by molar-refractivity contribution is -0.139. The van der Waals surface area contributed by atoms with Gasteiger partial charge in [0.05, 0.1) is 13.3 Å². The van der Waals surface area contributed by atoms with Gasteiger partial charge in [0.2, 0.25) is 0 Å². The molecule has 0 saturated heterocycles. The molecule has 0 bridgehead atoms. The maximum atomic E-state index is 11.9. The molecule has 170 valence electrons. The van der Waals surface area contributed by atoms with E-state index in [1.54, 1.807) is 36.4 Å². The third-order valence-electron chi connectivity index (χ3n) is 4.47. The molecule has 3 aromatic rings. The summed E-state index contributed by atoms with van der Waals surface area (Å²) in [6.07, 6.45) is 1.39. The fourth-order valence-corrected chi connectivity index (χ4v) is 3.22. The van der Waals surface area contributed by atoms with E-state index >= 15 is 0 Å². The highest BCUT2D eigenvalue weighted by Crippen LogP contribution is 2.29. The lowest BCUT2D eigenvalue weighted by Crippen LogP contribution is -2.37. The van der Waals surface area contributed by atoms with Crippen LogP contribution in [-0.2, 0) is 22.7 Å². The summed E-state index contributed by atoms with van der Waals surface area (Å²) < 4.78 is 11.2. The largest absolute Gasteiger partial charge is 0.493 e. The summed E-state index contributed by atoms with van der Waals surface area (Å²) in [7, 11) is 1.51. The molecule has 0 saturated carbocycles. The van der Waals surface area contributed by atoms with E-state index in [9.17, 15) is 9.59 Å². The molecule has 0 aliphatic rings. The molecule has 2 N–H and O–H groups in total. The number of nitrogens with one attached hydrogen (secondary N) is 2. The first kappa shape index (κ1) is 24.1. The number of rotatable bonds is 8. The Morgan fingerprint density at radius 3 is 2.48 bits per heavy atom. The molecule has 0 aliphatic carbocycles. The molecule has 0 heterocycles. The zero-order valence-electron chi connectivity index (χ0n) is 17.7. The van der Waals surface area contributed by atoms with Crippen molar-refractivity contribution >= 4 is 41.2 Å². The van der Waals surface area contributed by atoms with Crippen LogP contribution in [0.5, 0.6) is 11.5 Å². The SMILES string of the molecule is COc1cc(/C=N\NC(=O)C(=O)NCc2ccccc2)ccc1OCc1ccc(Cl)cc1Cl. The maximum absolute atomic E-state index is 11.9. The van der Waals surface area contributed by atoms with Gasteiger partial charge in [-0.05, 0) is 41.5 Å². The lowest BCUT2D eigenvalue weighted by Gasteiger charge is -2.12. The van der Waals surface area contributed by atoms with Gasteiger partial charge in [-0.2, -0.15) is 5.10 Å². The minimum Gasteiger partial charge on any atom is -0.493 e. The third-order valence-corrected chi connectivity index (χ3v) is 5.05. The van der Waals surface area contributed by atoms with Crippen molar-refractivity contribution in [3.05, 3.63) is 93.5 Å². The fraction of sp³-hybridized carbons (Fsp3) is 0.125. The highest BCUT2D eigenvalue weighted by Gasteiger charge is 2.12. The van der Waals surface area contributed by atoms with Crippen LogP contribution in [0.25, 0.3) is 0 Å². The second-order valence-corrected chi connectivity index (χ2v) is 7.65. The van der Waals surface area contributed by atoms with Gasteiger partial charge >= 0.3 is 11.8 Å².